The van der Waals surface area contributed by atoms with Crippen molar-refractivity contribution in [3.05, 3.63) is 35.5 Å². The minimum absolute atomic E-state index is 0.509. The van der Waals surface area contributed by atoms with Crippen molar-refractivity contribution in [3.8, 4) is 0 Å². The van der Waals surface area contributed by atoms with E-state index in [1.807, 2.05) is 0 Å². The highest BCUT2D eigenvalue weighted by Crippen LogP contribution is 2.21. The molecule has 3 N–H and O–H groups in total. The van der Waals surface area contributed by atoms with E-state index in [4.69, 9.17) is 9.73 Å². The van der Waals surface area contributed by atoms with Gasteiger partial charge in [-0.3, -0.25) is 4.99 Å². The predicted octanol–water partition coefficient (Wildman–Crippen LogP) is 3.07. The zero-order chi connectivity index (χ0) is 20.8. The molecule has 3 heterocycles. The van der Waals surface area contributed by atoms with E-state index in [0.29, 0.717) is 6.04 Å². The molecule has 0 radical (unpaired) electrons. The number of benzene rings is 1. The molecule has 0 aliphatic carbocycles. The Labute approximate surface area is 180 Å². The van der Waals surface area contributed by atoms with Crippen molar-refractivity contribution < 1.29 is 4.74 Å². The first-order valence-corrected chi connectivity index (χ1v) is 11.6. The second kappa shape index (κ2) is 10.3. The van der Waals surface area contributed by atoms with Crippen molar-refractivity contribution in [2.75, 3.05) is 45.9 Å². The molecule has 0 spiro atoms. The monoisotopic (exact) mass is 411 g/mol. The number of hydrogen-bond acceptors (Lipinski definition) is 3. The van der Waals surface area contributed by atoms with E-state index in [-0.39, 0.29) is 0 Å². The molecule has 2 aliphatic rings. The van der Waals surface area contributed by atoms with Gasteiger partial charge in [0.15, 0.2) is 5.96 Å². The largest absolute Gasteiger partial charge is 0.381 e. The molecule has 30 heavy (non-hydrogen) atoms. The molecule has 2 aliphatic heterocycles. The summed E-state index contributed by atoms with van der Waals surface area (Å²) in [5.74, 6) is 1.69. The number of aromatic amines is 1. The van der Waals surface area contributed by atoms with Gasteiger partial charge in [0.1, 0.15) is 0 Å². The van der Waals surface area contributed by atoms with Crippen LogP contribution in [-0.2, 0) is 11.2 Å². The Kier molecular flexibility index (Phi) is 7.28. The van der Waals surface area contributed by atoms with Crippen LogP contribution in [0, 0.1) is 12.8 Å². The number of hydrogen-bond donors (Lipinski definition) is 3. The smallest absolute Gasteiger partial charge is 0.191 e. The van der Waals surface area contributed by atoms with Crippen LogP contribution >= 0.6 is 0 Å². The maximum absolute atomic E-state index is 5.53. The van der Waals surface area contributed by atoms with E-state index in [0.717, 1.165) is 44.6 Å². The van der Waals surface area contributed by atoms with Gasteiger partial charge < -0.3 is 25.3 Å². The molecule has 0 saturated carbocycles. The Morgan fingerprint density at radius 3 is 2.90 bits per heavy atom. The summed E-state index contributed by atoms with van der Waals surface area (Å²) in [5.41, 5.74) is 3.89. The summed E-state index contributed by atoms with van der Waals surface area (Å²) in [6, 6.07) is 7.00. The first-order chi connectivity index (χ1) is 14.7. The summed E-state index contributed by atoms with van der Waals surface area (Å²) < 4.78 is 5.53. The molecule has 2 aromatic rings. The van der Waals surface area contributed by atoms with Gasteiger partial charge >= 0.3 is 0 Å². The fraction of sp³-hybridized carbons (Fsp3) is 0.625. The van der Waals surface area contributed by atoms with E-state index in [2.05, 4.69) is 58.8 Å². The molecule has 164 valence electrons. The number of ether oxygens (including phenoxy) is 1. The first-order valence-electron chi connectivity index (χ1n) is 11.6. The molecular formula is C24H37N5O. The number of aromatic nitrogens is 1. The number of nitrogens with zero attached hydrogens (tertiary/aromatic N) is 2. The molecule has 1 aromatic carbocycles. The summed E-state index contributed by atoms with van der Waals surface area (Å²) in [5, 5.41) is 8.43. The Bertz CT molecular complexity index is 831. The molecule has 1 aromatic heterocycles. The quantitative estimate of drug-likeness (QED) is 0.484. The fourth-order valence-corrected chi connectivity index (χ4v) is 4.72. The Morgan fingerprint density at radius 1 is 1.27 bits per heavy atom. The highest BCUT2D eigenvalue weighted by Gasteiger charge is 2.24. The zero-order valence-electron chi connectivity index (χ0n) is 18.5. The third-order valence-electron chi connectivity index (χ3n) is 6.47. The molecule has 1 atom stereocenters. The molecule has 6 nitrogen and oxygen atoms in total. The number of guanidine groups is 1. The maximum Gasteiger partial charge on any atom is 0.191 e. The number of likely N-dealkylation sites (tertiary alicyclic amines) is 1. The molecule has 2 saturated heterocycles. The van der Waals surface area contributed by atoms with Crippen LogP contribution in [0.15, 0.2) is 29.4 Å². The molecular weight excluding hydrogens is 374 g/mol. The van der Waals surface area contributed by atoms with E-state index in [1.165, 1.54) is 60.9 Å². The van der Waals surface area contributed by atoms with Gasteiger partial charge in [0, 0.05) is 62.5 Å². The predicted molar refractivity (Wildman–Crippen MR) is 124 cm³/mol. The SMILES string of the molecule is CCNC(=NCCc1c[nH]c2c(C)cccc12)NC1CCN(CC2CCOC2)CC1. The number of rotatable bonds is 7. The van der Waals surface area contributed by atoms with Crippen LogP contribution in [0.2, 0.25) is 0 Å². The highest BCUT2D eigenvalue weighted by molar-refractivity contribution is 5.86. The summed E-state index contributed by atoms with van der Waals surface area (Å²) in [4.78, 5) is 10.9. The second-order valence-corrected chi connectivity index (χ2v) is 8.77. The summed E-state index contributed by atoms with van der Waals surface area (Å²) in [6.07, 6.45) is 6.67. The van der Waals surface area contributed by atoms with Crippen LogP contribution in [0.4, 0.5) is 0 Å². The van der Waals surface area contributed by atoms with Gasteiger partial charge in [0.25, 0.3) is 0 Å². The fourth-order valence-electron chi connectivity index (χ4n) is 4.72. The average Bonchev–Trinajstić information content (AvgIpc) is 3.40. The van der Waals surface area contributed by atoms with Crippen LogP contribution in [-0.4, -0.2) is 67.8 Å². The Hall–Kier alpha value is -2.05. The van der Waals surface area contributed by atoms with Gasteiger partial charge in [-0.05, 0) is 56.6 Å². The van der Waals surface area contributed by atoms with Crippen molar-refractivity contribution in [2.24, 2.45) is 10.9 Å². The van der Waals surface area contributed by atoms with Gasteiger partial charge in [-0.2, -0.15) is 0 Å². The van der Waals surface area contributed by atoms with Crippen LogP contribution < -0.4 is 10.6 Å². The van der Waals surface area contributed by atoms with E-state index >= 15 is 0 Å². The molecule has 0 bridgehead atoms. The summed E-state index contributed by atoms with van der Waals surface area (Å²) in [7, 11) is 0. The number of H-pyrrole nitrogens is 1. The molecule has 2 fully saturated rings. The molecule has 0 amide bonds. The lowest BCUT2D eigenvalue weighted by Crippen LogP contribution is -2.49. The number of aliphatic imine (C=N–C) groups is 1. The minimum atomic E-state index is 0.509. The normalized spacial score (nSPS) is 21.4. The van der Waals surface area contributed by atoms with Crippen molar-refractivity contribution in [3.63, 3.8) is 0 Å². The van der Waals surface area contributed by atoms with E-state index in [9.17, 15) is 0 Å². The van der Waals surface area contributed by atoms with Gasteiger partial charge in [0.05, 0.1) is 6.61 Å². The average molecular weight is 412 g/mol. The van der Waals surface area contributed by atoms with E-state index in [1.54, 1.807) is 0 Å². The van der Waals surface area contributed by atoms with Crippen molar-refractivity contribution in [1.82, 2.24) is 20.5 Å². The highest BCUT2D eigenvalue weighted by atomic mass is 16.5. The molecule has 4 rings (SSSR count). The number of aryl methyl sites for hydroxylation is 1. The van der Waals surface area contributed by atoms with E-state index < -0.39 is 0 Å². The second-order valence-electron chi connectivity index (χ2n) is 8.77. The lowest BCUT2D eigenvalue weighted by atomic mass is 10.0. The van der Waals surface area contributed by atoms with Crippen LogP contribution in [0.3, 0.4) is 0 Å². The van der Waals surface area contributed by atoms with Crippen LogP contribution in [0.5, 0.6) is 0 Å². The maximum atomic E-state index is 5.53. The van der Waals surface area contributed by atoms with Gasteiger partial charge in [-0.1, -0.05) is 18.2 Å². The number of nitrogens with one attached hydrogen (secondary N) is 3. The molecule has 6 heteroatoms. The standard InChI is InChI=1S/C24H37N5O/c1-3-25-24(26-11-7-20-15-27-23-18(2)5-4-6-22(20)23)28-21-8-12-29(13-9-21)16-19-10-14-30-17-19/h4-6,15,19,21,27H,3,7-14,16-17H2,1-2H3,(H2,25,26,28). The number of para-hydroxylation sites is 1. The van der Waals surface area contributed by atoms with Gasteiger partial charge in [-0.25, -0.2) is 0 Å². The van der Waals surface area contributed by atoms with Crippen LogP contribution in [0.1, 0.15) is 37.3 Å². The first kappa shape index (κ1) is 21.2. The minimum Gasteiger partial charge on any atom is -0.381 e. The summed E-state index contributed by atoms with van der Waals surface area (Å²) in [6.45, 7) is 11.4. The Morgan fingerprint density at radius 2 is 2.13 bits per heavy atom. The number of piperidine rings is 1. The van der Waals surface area contributed by atoms with Crippen molar-refractivity contribution in [1.29, 1.82) is 0 Å². The topological polar surface area (TPSA) is 64.7 Å². The van der Waals surface area contributed by atoms with Crippen LogP contribution in [0.25, 0.3) is 10.9 Å². The summed E-state index contributed by atoms with van der Waals surface area (Å²) >= 11 is 0. The number of fused-ring (bicyclic) bond motifs is 1. The Balaban J connectivity index is 1.27. The zero-order valence-corrected chi connectivity index (χ0v) is 18.5. The lowest BCUT2D eigenvalue weighted by molar-refractivity contribution is 0.150. The molecule has 1 unspecified atom stereocenters. The van der Waals surface area contributed by atoms with Gasteiger partial charge in [-0.15, -0.1) is 0 Å². The van der Waals surface area contributed by atoms with Gasteiger partial charge in [0.2, 0.25) is 0 Å². The van der Waals surface area contributed by atoms with Crippen molar-refractivity contribution >= 4 is 16.9 Å². The third-order valence-corrected chi connectivity index (χ3v) is 6.47. The third kappa shape index (κ3) is 5.35. The lowest BCUT2D eigenvalue weighted by Gasteiger charge is -2.34. The van der Waals surface area contributed by atoms with Crippen molar-refractivity contribution in [2.45, 2.75) is 45.6 Å².